The van der Waals surface area contributed by atoms with E-state index in [1.165, 1.54) is 0 Å². The first kappa shape index (κ1) is 19.7. The maximum atomic E-state index is 13.1. The van der Waals surface area contributed by atoms with E-state index in [1.54, 1.807) is 17.6 Å². The van der Waals surface area contributed by atoms with Gasteiger partial charge in [-0.1, -0.05) is 0 Å². The van der Waals surface area contributed by atoms with Crippen LogP contribution in [0.4, 0.5) is 20.4 Å². The Balaban J connectivity index is 1.30. The van der Waals surface area contributed by atoms with E-state index in [-0.39, 0.29) is 12.0 Å². The van der Waals surface area contributed by atoms with Crippen molar-refractivity contribution in [3.05, 3.63) is 36.3 Å². The number of alkyl halides is 2. The molecule has 3 aromatic heterocycles. The second-order valence-electron chi connectivity index (χ2n) is 9.48. The Bertz CT molecular complexity index is 1240. The van der Waals surface area contributed by atoms with Gasteiger partial charge in [-0.15, -0.1) is 5.10 Å². The molecule has 2 saturated carbocycles. The molecule has 1 atom stereocenters. The smallest absolute Gasteiger partial charge is 0.241 e. The molecule has 0 amide bonds. The van der Waals surface area contributed by atoms with Gasteiger partial charge in [0.1, 0.15) is 0 Å². The van der Waals surface area contributed by atoms with Gasteiger partial charge in [0.15, 0.2) is 0 Å². The highest BCUT2D eigenvalue weighted by Crippen LogP contribution is 2.51. The van der Waals surface area contributed by atoms with Crippen molar-refractivity contribution < 1.29 is 13.9 Å². The fourth-order valence-electron chi connectivity index (χ4n) is 5.65. The molecule has 0 aromatic carbocycles. The number of nitrogens with zero attached hydrogens (tertiary/aromatic N) is 5. The second kappa shape index (κ2) is 6.78. The van der Waals surface area contributed by atoms with Gasteiger partial charge in [0.2, 0.25) is 12.4 Å². The lowest BCUT2D eigenvalue weighted by molar-refractivity contribution is 0.0521. The Labute approximate surface area is 183 Å². The lowest BCUT2D eigenvalue weighted by Gasteiger charge is -2.27. The van der Waals surface area contributed by atoms with Crippen molar-refractivity contribution in [2.24, 2.45) is 4.99 Å². The number of hydrogen-bond acceptors (Lipinski definition) is 6. The number of fused-ring (bicyclic) bond motifs is 4. The minimum Gasteiger partial charge on any atom is -0.390 e. The van der Waals surface area contributed by atoms with Crippen LogP contribution in [0.25, 0.3) is 16.8 Å². The topological polar surface area (TPSA) is 87.7 Å². The molecule has 1 unspecified atom stereocenters. The highest BCUT2D eigenvalue weighted by atomic mass is 19.3. The highest BCUT2D eigenvalue weighted by molar-refractivity contribution is 5.96. The standard InChI is InChI=1S/C23H24F2N6O/c1-13-15(10-19(24)25)20-17(27-13)3-2-16(28-20)14-4-9-31-18(14)11-26-21(30-31)29-22-5-7-23(32,12-22)8-6-22/h2-4,9,11,15,19,32H,5-8,10,12H2,1H3,(H,29,30). The number of aliphatic imine (C=N–C) groups is 1. The molecule has 6 rings (SSSR count). The number of nitrogens with one attached hydrogen (secondary N) is 1. The second-order valence-corrected chi connectivity index (χ2v) is 9.48. The van der Waals surface area contributed by atoms with Gasteiger partial charge >= 0.3 is 0 Å². The van der Waals surface area contributed by atoms with Gasteiger partial charge in [0.25, 0.3) is 0 Å². The van der Waals surface area contributed by atoms with E-state index in [2.05, 4.69) is 20.4 Å². The van der Waals surface area contributed by atoms with Gasteiger partial charge in [0, 0.05) is 35.3 Å². The molecule has 2 N–H and O–H groups in total. The molecule has 166 valence electrons. The number of halogens is 2. The molecule has 2 bridgehead atoms. The summed E-state index contributed by atoms with van der Waals surface area (Å²) in [6.07, 6.45) is 5.12. The molecule has 1 aliphatic heterocycles. The fraction of sp³-hybridized carbons (Fsp3) is 0.478. The predicted octanol–water partition coefficient (Wildman–Crippen LogP) is 4.50. The summed E-state index contributed by atoms with van der Waals surface area (Å²) in [6.45, 7) is 1.78. The first-order valence-electron chi connectivity index (χ1n) is 11.0. The van der Waals surface area contributed by atoms with E-state index in [4.69, 9.17) is 4.98 Å². The molecule has 3 aliphatic rings. The third-order valence-corrected chi connectivity index (χ3v) is 7.32. The zero-order chi connectivity index (χ0) is 22.1. The van der Waals surface area contributed by atoms with Crippen LogP contribution in [0.5, 0.6) is 0 Å². The van der Waals surface area contributed by atoms with E-state index in [1.807, 2.05) is 24.4 Å². The number of hydrogen-bond donors (Lipinski definition) is 2. The molecule has 32 heavy (non-hydrogen) atoms. The molecule has 0 saturated heterocycles. The van der Waals surface area contributed by atoms with Gasteiger partial charge in [0.05, 0.1) is 34.4 Å². The quantitative estimate of drug-likeness (QED) is 0.613. The monoisotopic (exact) mass is 438 g/mol. The van der Waals surface area contributed by atoms with Crippen LogP contribution < -0.4 is 5.32 Å². The Morgan fingerprint density at radius 2 is 2.03 bits per heavy atom. The van der Waals surface area contributed by atoms with Crippen LogP contribution in [0, 0.1) is 0 Å². The SMILES string of the molecule is CC1=Nc2ccc(-c3ccn4nc(NC56CCC(O)(CC5)C6)ncc34)nc2C1CC(F)F. The Morgan fingerprint density at radius 3 is 2.75 bits per heavy atom. The Kier molecular flexibility index (Phi) is 4.18. The van der Waals surface area contributed by atoms with Crippen molar-refractivity contribution >= 4 is 22.9 Å². The van der Waals surface area contributed by atoms with Gasteiger partial charge in [-0.05, 0) is 57.2 Å². The summed E-state index contributed by atoms with van der Waals surface area (Å²) < 4.78 is 27.9. The summed E-state index contributed by atoms with van der Waals surface area (Å²) in [6, 6.07) is 5.61. The van der Waals surface area contributed by atoms with E-state index in [9.17, 15) is 13.9 Å². The van der Waals surface area contributed by atoms with Crippen molar-refractivity contribution in [2.75, 3.05) is 5.32 Å². The summed E-state index contributed by atoms with van der Waals surface area (Å²) in [7, 11) is 0. The minimum atomic E-state index is -2.41. The summed E-state index contributed by atoms with van der Waals surface area (Å²) in [5, 5.41) is 18.6. The predicted molar refractivity (Wildman–Crippen MR) is 117 cm³/mol. The number of rotatable bonds is 5. The van der Waals surface area contributed by atoms with Crippen molar-refractivity contribution in [1.29, 1.82) is 0 Å². The average molecular weight is 438 g/mol. The number of pyridine rings is 1. The van der Waals surface area contributed by atoms with E-state index in [0.29, 0.717) is 28.7 Å². The number of aliphatic hydroxyl groups is 1. The number of anilines is 1. The fourth-order valence-corrected chi connectivity index (χ4v) is 5.65. The van der Waals surface area contributed by atoms with Crippen LogP contribution in [0.2, 0.25) is 0 Å². The molecular formula is C23H24F2N6O. The number of aromatic nitrogens is 4. The molecular weight excluding hydrogens is 414 g/mol. The summed E-state index contributed by atoms with van der Waals surface area (Å²) in [5.41, 5.74) is 3.60. The summed E-state index contributed by atoms with van der Waals surface area (Å²) in [5.74, 6) is 0.0790. The van der Waals surface area contributed by atoms with Crippen LogP contribution in [0.15, 0.2) is 35.6 Å². The molecule has 7 nitrogen and oxygen atoms in total. The molecule has 2 aliphatic carbocycles. The molecule has 0 radical (unpaired) electrons. The maximum absolute atomic E-state index is 13.1. The van der Waals surface area contributed by atoms with E-state index in [0.717, 1.165) is 43.2 Å². The van der Waals surface area contributed by atoms with Crippen LogP contribution in [0.1, 0.15) is 57.1 Å². The molecule has 9 heteroatoms. The summed E-state index contributed by atoms with van der Waals surface area (Å²) >= 11 is 0. The van der Waals surface area contributed by atoms with Gasteiger partial charge in [-0.2, -0.15) is 0 Å². The summed E-state index contributed by atoms with van der Waals surface area (Å²) in [4.78, 5) is 13.7. The lowest BCUT2D eigenvalue weighted by Crippen LogP contribution is -2.34. The van der Waals surface area contributed by atoms with Crippen LogP contribution in [0.3, 0.4) is 0 Å². The van der Waals surface area contributed by atoms with Gasteiger partial charge in [-0.25, -0.2) is 23.3 Å². The van der Waals surface area contributed by atoms with Gasteiger partial charge < -0.3 is 10.4 Å². The lowest BCUT2D eigenvalue weighted by atomic mass is 9.93. The van der Waals surface area contributed by atoms with Crippen molar-refractivity contribution in [1.82, 2.24) is 19.6 Å². The third-order valence-electron chi connectivity index (χ3n) is 7.32. The van der Waals surface area contributed by atoms with Crippen LogP contribution in [-0.4, -0.2) is 48.0 Å². The zero-order valence-corrected chi connectivity index (χ0v) is 17.7. The van der Waals surface area contributed by atoms with E-state index >= 15 is 0 Å². The molecule has 3 aromatic rings. The van der Waals surface area contributed by atoms with Crippen molar-refractivity contribution in [2.45, 2.75) is 68.9 Å². The first-order valence-corrected chi connectivity index (χ1v) is 11.0. The maximum Gasteiger partial charge on any atom is 0.241 e. The zero-order valence-electron chi connectivity index (χ0n) is 17.7. The largest absolute Gasteiger partial charge is 0.390 e. The molecule has 2 fully saturated rings. The minimum absolute atomic E-state index is 0.127. The Morgan fingerprint density at radius 1 is 1.22 bits per heavy atom. The normalized spacial score (nSPS) is 28.5. The third kappa shape index (κ3) is 3.09. The molecule has 4 heterocycles. The van der Waals surface area contributed by atoms with Crippen LogP contribution in [-0.2, 0) is 0 Å². The first-order chi connectivity index (χ1) is 15.3. The van der Waals surface area contributed by atoms with Crippen LogP contribution >= 0.6 is 0 Å². The van der Waals surface area contributed by atoms with E-state index < -0.39 is 17.9 Å². The highest BCUT2D eigenvalue weighted by Gasteiger charge is 2.53. The van der Waals surface area contributed by atoms with Gasteiger partial charge in [-0.3, -0.25) is 4.99 Å². The van der Waals surface area contributed by atoms with Crippen molar-refractivity contribution in [3.8, 4) is 11.3 Å². The molecule has 0 spiro atoms. The average Bonchev–Trinajstić information content (AvgIpc) is 3.48. The van der Waals surface area contributed by atoms with Crippen molar-refractivity contribution in [3.63, 3.8) is 0 Å². The Hall–Kier alpha value is -2.94.